The lowest BCUT2D eigenvalue weighted by atomic mass is 10.2. The molecule has 0 amide bonds. The topological polar surface area (TPSA) is 75.4 Å². The van der Waals surface area contributed by atoms with Crippen molar-refractivity contribution in [2.24, 2.45) is 5.73 Å². The fourth-order valence-electron chi connectivity index (χ4n) is 1.21. The van der Waals surface area contributed by atoms with Crippen LogP contribution in [-0.4, -0.2) is 50.2 Å². The van der Waals surface area contributed by atoms with E-state index in [0.717, 1.165) is 19.4 Å². The number of sulfonamides is 1. The Kier molecular flexibility index (Phi) is 7.85. The minimum atomic E-state index is -3.33. The van der Waals surface area contributed by atoms with Crippen molar-refractivity contribution in [2.75, 3.05) is 25.9 Å². The van der Waals surface area contributed by atoms with E-state index >= 15 is 0 Å². The molecule has 0 rings (SSSR count). The average molecular weight is 281 g/mol. The minimum absolute atomic E-state index is 0.00274. The molecule has 0 aliphatic carbocycles. The molecular weight excluding hydrogens is 258 g/mol. The number of hydrogen-bond acceptors (Lipinski definition) is 4. The van der Waals surface area contributed by atoms with Gasteiger partial charge in [0.15, 0.2) is 0 Å². The third kappa shape index (κ3) is 9.46. The molecule has 0 saturated carbocycles. The van der Waals surface area contributed by atoms with Gasteiger partial charge in [-0.05, 0) is 40.3 Å². The molecule has 0 aromatic carbocycles. The van der Waals surface area contributed by atoms with E-state index in [2.05, 4.69) is 42.7 Å². The van der Waals surface area contributed by atoms with Gasteiger partial charge in [-0.1, -0.05) is 12.2 Å². The van der Waals surface area contributed by atoms with Crippen molar-refractivity contribution in [3.63, 3.8) is 0 Å². The molecule has 0 fully saturated rings. The van der Waals surface area contributed by atoms with Crippen LogP contribution < -0.4 is 10.5 Å². The summed E-state index contributed by atoms with van der Waals surface area (Å²) in [5, 5.41) is 0. The summed E-state index contributed by atoms with van der Waals surface area (Å²) in [5.74, 6) is -0.270. The first-order valence-corrected chi connectivity index (χ1v) is 7.76. The Morgan fingerprint density at radius 3 is 2.47 bits per heavy atom. The zero-order valence-corrected chi connectivity index (χ0v) is 12.4. The lowest BCUT2D eigenvalue weighted by Crippen LogP contribution is -2.33. The largest absolute Gasteiger partial charge is 0.392 e. The SMILES string of the molecule is CC(C)N(C)CCCCNS(=O)(=O)CC(N)=S. The molecule has 0 atom stereocenters. The predicted molar refractivity (Wildman–Crippen MR) is 75.6 cm³/mol. The van der Waals surface area contributed by atoms with Gasteiger partial charge in [-0.2, -0.15) is 0 Å². The van der Waals surface area contributed by atoms with Crippen LogP contribution in [0.3, 0.4) is 0 Å². The number of hydrogen-bond donors (Lipinski definition) is 2. The summed E-state index contributed by atoms with van der Waals surface area (Å²) in [6.07, 6.45) is 1.78. The van der Waals surface area contributed by atoms with E-state index in [4.69, 9.17) is 5.73 Å². The predicted octanol–water partition coefficient (Wildman–Crippen LogP) is 0.312. The lowest BCUT2D eigenvalue weighted by Gasteiger charge is -2.20. The molecule has 0 unspecified atom stereocenters. The minimum Gasteiger partial charge on any atom is -0.392 e. The van der Waals surface area contributed by atoms with Crippen molar-refractivity contribution in [3.8, 4) is 0 Å². The third-order valence-electron chi connectivity index (χ3n) is 2.47. The van der Waals surface area contributed by atoms with Gasteiger partial charge in [0.2, 0.25) is 10.0 Å². The van der Waals surface area contributed by atoms with Gasteiger partial charge < -0.3 is 10.6 Å². The van der Waals surface area contributed by atoms with Crippen molar-refractivity contribution in [1.29, 1.82) is 0 Å². The second-order valence-corrected chi connectivity index (χ2v) is 6.73. The molecule has 0 radical (unpaired) electrons. The van der Waals surface area contributed by atoms with Crippen LogP contribution in [0.5, 0.6) is 0 Å². The number of nitrogens with two attached hydrogens (primary N) is 1. The Labute approximate surface area is 110 Å². The average Bonchev–Trinajstić information content (AvgIpc) is 2.14. The van der Waals surface area contributed by atoms with Gasteiger partial charge in [0.1, 0.15) is 5.75 Å². The van der Waals surface area contributed by atoms with Crippen molar-refractivity contribution in [3.05, 3.63) is 0 Å². The highest BCUT2D eigenvalue weighted by Gasteiger charge is 2.10. The zero-order chi connectivity index (χ0) is 13.5. The summed E-state index contributed by atoms with van der Waals surface area (Å²) in [7, 11) is -1.27. The van der Waals surface area contributed by atoms with E-state index in [1.165, 1.54) is 0 Å². The smallest absolute Gasteiger partial charge is 0.218 e. The van der Waals surface area contributed by atoms with Crippen LogP contribution in [0.25, 0.3) is 0 Å². The third-order valence-corrected chi connectivity index (χ3v) is 4.14. The Hall–Kier alpha value is -0.240. The summed E-state index contributed by atoms with van der Waals surface area (Å²) >= 11 is 4.56. The molecule has 0 heterocycles. The fraction of sp³-hybridized carbons (Fsp3) is 0.900. The second kappa shape index (κ2) is 7.97. The van der Waals surface area contributed by atoms with E-state index < -0.39 is 10.0 Å². The summed E-state index contributed by atoms with van der Waals surface area (Å²) in [6.45, 7) is 5.67. The molecule has 17 heavy (non-hydrogen) atoms. The Bertz CT molecular complexity index is 328. The van der Waals surface area contributed by atoms with Gasteiger partial charge in [0.25, 0.3) is 0 Å². The van der Waals surface area contributed by atoms with Crippen molar-refractivity contribution in [1.82, 2.24) is 9.62 Å². The normalized spacial score (nSPS) is 12.3. The first-order chi connectivity index (χ1) is 7.74. The van der Waals surface area contributed by atoms with Crippen LogP contribution in [0, 0.1) is 0 Å². The summed E-state index contributed by atoms with van der Waals surface area (Å²) < 4.78 is 25.2. The molecule has 3 N–H and O–H groups in total. The number of thiocarbonyl (C=S) groups is 1. The number of unbranched alkanes of at least 4 members (excludes halogenated alkanes) is 1. The van der Waals surface area contributed by atoms with Crippen LogP contribution in [0.2, 0.25) is 0 Å². The Morgan fingerprint density at radius 2 is 2.00 bits per heavy atom. The van der Waals surface area contributed by atoms with Crippen molar-refractivity contribution < 1.29 is 8.42 Å². The van der Waals surface area contributed by atoms with Crippen LogP contribution in [0.4, 0.5) is 0 Å². The molecule has 0 saturated heterocycles. The molecule has 0 aliphatic rings. The first kappa shape index (κ1) is 16.8. The van der Waals surface area contributed by atoms with Crippen molar-refractivity contribution >= 4 is 27.2 Å². The van der Waals surface area contributed by atoms with Crippen LogP contribution in [-0.2, 0) is 10.0 Å². The molecule has 0 spiro atoms. The van der Waals surface area contributed by atoms with Gasteiger partial charge in [-0.3, -0.25) is 0 Å². The van der Waals surface area contributed by atoms with Crippen LogP contribution >= 0.6 is 12.2 Å². The van der Waals surface area contributed by atoms with E-state index in [1.807, 2.05) is 0 Å². The molecule has 0 aliphatic heterocycles. The highest BCUT2D eigenvalue weighted by atomic mass is 32.2. The van der Waals surface area contributed by atoms with Gasteiger partial charge >= 0.3 is 0 Å². The maximum Gasteiger partial charge on any atom is 0.218 e. The number of nitrogens with one attached hydrogen (secondary N) is 1. The fourth-order valence-corrected chi connectivity index (χ4v) is 2.61. The van der Waals surface area contributed by atoms with Gasteiger partial charge in [0, 0.05) is 12.6 Å². The summed E-state index contributed by atoms with van der Waals surface area (Å²) in [4.78, 5) is 2.22. The second-order valence-electron chi connectivity index (χ2n) is 4.40. The maximum atomic E-state index is 11.4. The molecule has 7 heteroatoms. The number of nitrogens with zero attached hydrogens (tertiary/aromatic N) is 1. The van der Waals surface area contributed by atoms with Gasteiger partial charge in [-0.15, -0.1) is 0 Å². The highest BCUT2D eigenvalue weighted by Crippen LogP contribution is 1.97. The molecule has 5 nitrogen and oxygen atoms in total. The van der Waals surface area contributed by atoms with E-state index in [9.17, 15) is 8.42 Å². The van der Waals surface area contributed by atoms with E-state index in [0.29, 0.717) is 12.6 Å². The summed E-state index contributed by atoms with van der Waals surface area (Å²) in [6, 6.07) is 0.515. The Morgan fingerprint density at radius 1 is 1.41 bits per heavy atom. The maximum absolute atomic E-state index is 11.4. The molecule has 0 aromatic rings. The quantitative estimate of drug-likeness (QED) is 0.470. The van der Waals surface area contributed by atoms with E-state index in [1.54, 1.807) is 0 Å². The van der Waals surface area contributed by atoms with Gasteiger partial charge in [0.05, 0.1) is 4.99 Å². The van der Waals surface area contributed by atoms with E-state index in [-0.39, 0.29) is 10.7 Å². The lowest BCUT2D eigenvalue weighted by molar-refractivity contribution is 0.268. The zero-order valence-electron chi connectivity index (χ0n) is 10.8. The Balaban J connectivity index is 3.68. The monoisotopic (exact) mass is 281 g/mol. The molecule has 0 aromatic heterocycles. The molecule has 0 bridgehead atoms. The highest BCUT2D eigenvalue weighted by molar-refractivity contribution is 7.92. The standard InChI is InChI=1S/C10H23N3O2S2/c1-9(2)13(3)7-5-4-6-12-17(14,15)8-10(11)16/h9,12H,4-8H2,1-3H3,(H2,11,16). The first-order valence-electron chi connectivity index (χ1n) is 5.70. The van der Waals surface area contributed by atoms with Gasteiger partial charge in [-0.25, -0.2) is 13.1 Å². The molecular formula is C10H23N3O2S2. The summed E-state index contributed by atoms with van der Waals surface area (Å²) in [5.41, 5.74) is 5.19. The molecule has 102 valence electrons. The van der Waals surface area contributed by atoms with Crippen LogP contribution in [0.1, 0.15) is 26.7 Å². The van der Waals surface area contributed by atoms with Crippen LogP contribution in [0.15, 0.2) is 0 Å². The number of rotatable bonds is 9. The van der Waals surface area contributed by atoms with Crippen molar-refractivity contribution in [2.45, 2.75) is 32.7 Å².